The van der Waals surface area contributed by atoms with Crippen LogP contribution in [-0.4, -0.2) is 24.7 Å². The van der Waals surface area contributed by atoms with Crippen LogP contribution in [0.15, 0.2) is 45.9 Å². The number of hydrogen-bond donors (Lipinski definition) is 0. The van der Waals surface area contributed by atoms with Crippen molar-refractivity contribution in [3.8, 4) is 11.5 Å². The molecule has 0 unspecified atom stereocenters. The smallest absolute Gasteiger partial charge is 0.252 e. The molecule has 0 bridgehead atoms. The lowest BCUT2D eigenvalue weighted by molar-refractivity contribution is -0.117. The van der Waals surface area contributed by atoms with Crippen LogP contribution in [0.1, 0.15) is 5.56 Å². The number of methoxy groups -OCH3 is 2. The maximum absolute atomic E-state index is 12.4. The van der Waals surface area contributed by atoms with Gasteiger partial charge in [0.15, 0.2) is 4.80 Å². The van der Waals surface area contributed by atoms with Crippen molar-refractivity contribution in [3.05, 3.63) is 51.2 Å². The van der Waals surface area contributed by atoms with Gasteiger partial charge >= 0.3 is 0 Å². The molecule has 0 aliphatic carbocycles. The van der Waals surface area contributed by atoms with E-state index in [-0.39, 0.29) is 12.3 Å². The van der Waals surface area contributed by atoms with Gasteiger partial charge in [0, 0.05) is 23.2 Å². The summed E-state index contributed by atoms with van der Waals surface area (Å²) in [6.07, 6.45) is 0.172. The third kappa shape index (κ3) is 3.77. The van der Waals surface area contributed by atoms with Crippen LogP contribution in [0.3, 0.4) is 0 Å². The first-order valence-electron chi connectivity index (χ1n) is 7.55. The first-order valence-corrected chi connectivity index (χ1v) is 9.16. The van der Waals surface area contributed by atoms with E-state index >= 15 is 0 Å². The zero-order valence-corrected chi connectivity index (χ0v) is 16.5. The minimum atomic E-state index is -0.218. The highest BCUT2D eigenvalue weighted by Crippen LogP contribution is 2.25. The molecule has 0 atom stereocenters. The highest BCUT2D eigenvalue weighted by atomic mass is 79.9. The molecule has 2 aromatic carbocycles. The van der Waals surface area contributed by atoms with E-state index in [9.17, 15) is 4.79 Å². The van der Waals surface area contributed by atoms with Gasteiger partial charge in [-0.3, -0.25) is 4.79 Å². The van der Waals surface area contributed by atoms with Gasteiger partial charge in [-0.05, 0) is 24.3 Å². The van der Waals surface area contributed by atoms with Crippen LogP contribution in [-0.2, 0) is 18.3 Å². The van der Waals surface area contributed by atoms with Crippen LogP contribution >= 0.6 is 27.3 Å². The number of thiazole rings is 1. The quantitative estimate of drug-likeness (QED) is 0.646. The predicted molar refractivity (Wildman–Crippen MR) is 102 cm³/mol. The van der Waals surface area contributed by atoms with E-state index in [1.807, 2.05) is 41.9 Å². The lowest BCUT2D eigenvalue weighted by Crippen LogP contribution is -2.14. The Morgan fingerprint density at radius 3 is 2.72 bits per heavy atom. The molecule has 0 N–H and O–H groups in total. The molecule has 0 aliphatic rings. The van der Waals surface area contributed by atoms with Crippen LogP contribution in [0, 0.1) is 0 Å². The summed E-state index contributed by atoms with van der Waals surface area (Å²) < 4.78 is 14.5. The molecule has 0 radical (unpaired) electrons. The largest absolute Gasteiger partial charge is 0.497 e. The first kappa shape index (κ1) is 17.7. The molecule has 0 aliphatic heterocycles. The van der Waals surface area contributed by atoms with Gasteiger partial charge in [0.2, 0.25) is 0 Å². The van der Waals surface area contributed by atoms with E-state index in [1.165, 1.54) is 11.3 Å². The predicted octanol–water partition coefficient (Wildman–Crippen LogP) is 3.69. The van der Waals surface area contributed by atoms with Crippen molar-refractivity contribution >= 4 is 43.4 Å². The molecular formula is C18H17BrN2O3S. The zero-order chi connectivity index (χ0) is 18.0. The third-order valence-electron chi connectivity index (χ3n) is 3.83. The van der Waals surface area contributed by atoms with Gasteiger partial charge in [-0.1, -0.05) is 33.3 Å². The molecule has 0 fully saturated rings. The summed E-state index contributed by atoms with van der Waals surface area (Å²) in [5.74, 6) is 1.09. The van der Waals surface area contributed by atoms with Crippen LogP contribution in [0.2, 0.25) is 0 Å². The first-order chi connectivity index (χ1) is 12.0. The summed E-state index contributed by atoms with van der Waals surface area (Å²) in [6.45, 7) is 0. The van der Waals surface area contributed by atoms with Gasteiger partial charge in [-0.25, -0.2) is 0 Å². The van der Waals surface area contributed by atoms with Crippen molar-refractivity contribution in [1.29, 1.82) is 0 Å². The van der Waals surface area contributed by atoms with Crippen LogP contribution in [0.25, 0.3) is 10.2 Å². The van der Waals surface area contributed by atoms with Gasteiger partial charge in [0.1, 0.15) is 11.5 Å². The van der Waals surface area contributed by atoms with Crippen molar-refractivity contribution < 1.29 is 14.3 Å². The SMILES string of the molecule is COc1ccc(CC(=O)N=c2sc3cc(Br)ccc3n2C)c(OC)c1. The second-order valence-corrected chi connectivity index (χ2v) is 7.34. The summed E-state index contributed by atoms with van der Waals surface area (Å²) in [6, 6.07) is 11.4. The Morgan fingerprint density at radius 2 is 2.00 bits per heavy atom. The fourth-order valence-corrected chi connectivity index (χ4v) is 4.11. The lowest BCUT2D eigenvalue weighted by Gasteiger charge is -2.08. The minimum absolute atomic E-state index is 0.172. The lowest BCUT2D eigenvalue weighted by atomic mass is 10.1. The number of aryl methyl sites for hydroxylation is 1. The molecule has 1 amide bonds. The highest BCUT2D eigenvalue weighted by molar-refractivity contribution is 9.10. The fraction of sp³-hybridized carbons (Fsp3) is 0.222. The Bertz CT molecular complexity index is 1010. The number of ether oxygens (including phenoxy) is 2. The van der Waals surface area contributed by atoms with Gasteiger partial charge < -0.3 is 14.0 Å². The number of amides is 1. The second-order valence-electron chi connectivity index (χ2n) is 5.42. The molecule has 0 saturated carbocycles. The molecule has 25 heavy (non-hydrogen) atoms. The van der Waals surface area contributed by atoms with E-state index in [4.69, 9.17) is 9.47 Å². The molecule has 130 valence electrons. The van der Waals surface area contributed by atoms with Gasteiger partial charge in [0.25, 0.3) is 5.91 Å². The molecule has 1 aromatic heterocycles. The van der Waals surface area contributed by atoms with Crippen LogP contribution < -0.4 is 14.3 Å². The normalized spacial score (nSPS) is 11.8. The van der Waals surface area contributed by atoms with E-state index in [0.717, 1.165) is 20.3 Å². The number of fused-ring (bicyclic) bond motifs is 1. The maximum atomic E-state index is 12.4. The van der Waals surface area contributed by atoms with E-state index in [2.05, 4.69) is 20.9 Å². The van der Waals surface area contributed by atoms with Gasteiger partial charge in [-0.15, -0.1) is 0 Å². The number of carbonyl (C=O) groups is 1. The molecule has 0 saturated heterocycles. The molecule has 5 nitrogen and oxygen atoms in total. The van der Waals surface area contributed by atoms with Crippen molar-refractivity contribution in [2.75, 3.05) is 14.2 Å². The van der Waals surface area contributed by atoms with Crippen molar-refractivity contribution in [1.82, 2.24) is 4.57 Å². The topological polar surface area (TPSA) is 52.8 Å². The third-order valence-corrected chi connectivity index (χ3v) is 5.42. The number of rotatable bonds is 4. The molecule has 0 spiro atoms. The van der Waals surface area contributed by atoms with E-state index < -0.39 is 0 Å². The molecule has 7 heteroatoms. The molecule has 3 aromatic rings. The minimum Gasteiger partial charge on any atom is -0.497 e. The summed E-state index contributed by atoms with van der Waals surface area (Å²) in [4.78, 5) is 17.4. The summed E-state index contributed by atoms with van der Waals surface area (Å²) >= 11 is 4.95. The van der Waals surface area contributed by atoms with Crippen LogP contribution in [0.4, 0.5) is 0 Å². The number of carbonyl (C=O) groups excluding carboxylic acids is 1. The average molecular weight is 421 g/mol. The molecule has 3 rings (SSSR count). The highest BCUT2D eigenvalue weighted by Gasteiger charge is 2.11. The zero-order valence-electron chi connectivity index (χ0n) is 14.1. The number of halogens is 1. The summed E-state index contributed by atoms with van der Waals surface area (Å²) in [5, 5.41) is 0. The maximum Gasteiger partial charge on any atom is 0.252 e. The van der Waals surface area contributed by atoms with Crippen molar-refractivity contribution in [2.24, 2.45) is 12.0 Å². The Kier molecular flexibility index (Phi) is 5.24. The number of nitrogens with zero attached hydrogens (tertiary/aromatic N) is 2. The summed E-state index contributed by atoms with van der Waals surface area (Å²) in [7, 11) is 5.07. The number of hydrogen-bond acceptors (Lipinski definition) is 4. The summed E-state index contributed by atoms with van der Waals surface area (Å²) in [5.41, 5.74) is 1.82. The fourth-order valence-electron chi connectivity index (χ4n) is 2.52. The Labute approximate surface area is 157 Å². The van der Waals surface area contributed by atoms with Crippen molar-refractivity contribution in [3.63, 3.8) is 0 Å². The molecule has 1 heterocycles. The van der Waals surface area contributed by atoms with Gasteiger partial charge in [-0.2, -0.15) is 4.99 Å². The Morgan fingerprint density at radius 1 is 1.20 bits per heavy atom. The average Bonchev–Trinajstić information content (AvgIpc) is 2.90. The monoisotopic (exact) mass is 420 g/mol. The Balaban J connectivity index is 1.92. The Hall–Kier alpha value is -2.12. The number of benzene rings is 2. The van der Waals surface area contributed by atoms with Gasteiger partial charge in [0.05, 0.1) is 30.9 Å². The second kappa shape index (κ2) is 7.41. The van der Waals surface area contributed by atoms with Crippen LogP contribution in [0.5, 0.6) is 11.5 Å². The number of aromatic nitrogens is 1. The van der Waals surface area contributed by atoms with E-state index in [0.29, 0.717) is 16.3 Å². The van der Waals surface area contributed by atoms with E-state index in [1.54, 1.807) is 20.3 Å². The molecular weight excluding hydrogens is 404 g/mol. The van der Waals surface area contributed by atoms with Crippen molar-refractivity contribution in [2.45, 2.75) is 6.42 Å². The standard InChI is InChI=1S/C18H17BrN2O3S/c1-21-14-7-5-12(19)9-16(14)25-18(21)20-17(22)8-11-4-6-13(23-2)10-15(11)24-3/h4-7,9-10H,8H2,1-3H3.